The van der Waals surface area contributed by atoms with Crippen LogP contribution in [-0.4, -0.2) is 15.6 Å². The lowest BCUT2D eigenvalue weighted by Crippen LogP contribution is -1.93. The molecule has 0 amide bonds. The fraction of sp³-hybridized carbons (Fsp3) is 0.0833. The van der Waals surface area contributed by atoms with Crippen molar-refractivity contribution in [3.8, 4) is 11.3 Å². The minimum atomic E-state index is -0.731. The van der Waals surface area contributed by atoms with E-state index in [2.05, 4.69) is 0 Å². The van der Waals surface area contributed by atoms with Crippen molar-refractivity contribution in [2.75, 3.05) is 0 Å². The first-order valence-corrected chi connectivity index (χ1v) is 5.43. The number of nitrogens with zero attached hydrogens (tertiary/aromatic N) is 2. The number of hydrogen-bond donors (Lipinski definition) is 0. The summed E-state index contributed by atoms with van der Waals surface area (Å²) < 4.78 is 5.21. The summed E-state index contributed by atoms with van der Waals surface area (Å²) >= 11 is 0. The zero-order chi connectivity index (χ0) is 14.9. The van der Waals surface area contributed by atoms with Crippen LogP contribution in [0.15, 0.2) is 34.7 Å². The molecule has 1 heterocycles. The number of benzene rings is 1. The Balaban J connectivity index is 2.57. The smallest absolute Gasteiger partial charge is 0.277 e. The third-order valence-electron chi connectivity index (χ3n) is 2.56. The van der Waals surface area contributed by atoms with Gasteiger partial charge in [-0.2, -0.15) is 0 Å². The van der Waals surface area contributed by atoms with E-state index in [1.807, 2.05) is 0 Å². The van der Waals surface area contributed by atoms with Crippen LogP contribution in [0.25, 0.3) is 11.3 Å². The number of nitro groups is 2. The predicted octanol–water partition coefficient (Wildman–Crippen LogP) is 2.97. The second-order valence-corrected chi connectivity index (χ2v) is 3.97. The largest absolute Gasteiger partial charge is 0.453 e. The van der Waals surface area contributed by atoms with Gasteiger partial charge in [0.2, 0.25) is 0 Å². The first-order valence-electron chi connectivity index (χ1n) is 5.43. The van der Waals surface area contributed by atoms with Crippen LogP contribution in [0.2, 0.25) is 0 Å². The highest BCUT2D eigenvalue weighted by molar-refractivity contribution is 5.91. The summed E-state index contributed by atoms with van der Waals surface area (Å²) in [6, 6.07) is 5.99. The Kier molecular flexibility index (Phi) is 3.30. The number of rotatable bonds is 4. The molecule has 0 unspecified atom stereocenters. The van der Waals surface area contributed by atoms with E-state index >= 15 is 0 Å². The summed E-state index contributed by atoms with van der Waals surface area (Å²) in [5.74, 6) is -0.0765. The van der Waals surface area contributed by atoms with Gasteiger partial charge in [0.25, 0.3) is 11.4 Å². The summed E-state index contributed by atoms with van der Waals surface area (Å²) in [5.41, 5.74) is -0.677. The zero-order valence-electron chi connectivity index (χ0n) is 10.2. The van der Waals surface area contributed by atoms with Crippen molar-refractivity contribution >= 4 is 17.2 Å². The van der Waals surface area contributed by atoms with Gasteiger partial charge in [-0.25, -0.2) is 0 Å². The van der Waals surface area contributed by atoms with Crippen LogP contribution in [-0.2, 0) is 0 Å². The van der Waals surface area contributed by atoms with Gasteiger partial charge in [0, 0.05) is 24.6 Å². The van der Waals surface area contributed by atoms with Crippen molar-refractivity contribution in [2.24, 2.45) is 0 Å². The number of carbonyl (C=O) groups is 1. The Morgan fingerprint density at radius 3 is 2.00 bits per heavy atom. The molecule has 2 rings (SSSR count). The molecule has 0 N–H and O–H groups in total. The minimum absolute atomic E-state index is 0.0779. The number of Topliss-reactive ketones (excluding diaryl/α,β-unsaturated/α-hetero) is 1. The fourth-order valence-corrected chi connectivity index (χ4v) is 1.63. The molecule has 2 aromatic rings. The fourth-order valence-electron chi connectivity index (χ4n) is 1.63. The molecule has 20 heavy (non-hydrogen) atoms. The molecule has 0 aliphatic heterocycles. The maximum atomic E-state index is 11.1. The molecule has 0 spiro atoms. The molecule has 8 heteroatoms. The van der Waals surface area contributed by atoms with Crippen LogP contribution in [0.5, 0.6) is 0 Å². The molecule has 0 bridgehead atoms. The van der Waals surface area contributed by atoms with Crippen molar-refractivity contribution in [3.63, 3.8) is 0 Å². The molecular formula is C12H8N2O6. The van der Waals surface area contributed by atoms with Gasteiger partial charge in [-0.05, 0) is 12.1 Å². The molecule has 0 aliphatic carbocycles. The monoisotopic (exact) mass is 276 g/mol. The van der Waals surface area contributed by atoms with Crippen LogP contribution in [0.3, 0.4) is 0 Å². The number of furan rings is 1. The van der Waals surface area contributed by atoms with E-state index in [-0.39, 0.29) is 22.9 Å². The van der Waals surface area contributed by atoms with Gasteiger partial charge >= 0.3 is 0 Å². The number of hydrogen-bond acceptors (Lipinski definition) is 6. The first-order chi connectivity index (χ1) is 9.38. The van der Waals surface area contributed by atoms with Gasteiger partial charge in [-0.1, -0.05) is 0 Å². The summed E-state index contributed by atoms with van der Waals surface area (Å²) in [4.78, 5) is 31.2. The molecule has 0 fully saturated rings. The highest BCUT2D eigenvalue weighted by Gasteiger charge is 2.19. The third-order valence-corrected chi connectivity index (χ3v) is 2.56. The molecule has 102 valence electrons. The standard InChI is InChI=1S/C12H8N2O6/c1-7(15)11-2-3-12(20-11)8-4-9(13(16)17)6-10(5-8)14(18)19/h2-6H,1H3. The van der Waals surface area contributed by atoms with E-state index in [9.17, 15) is 25.0 Å². The Hall–Kier alpha value is -3.03. The van der Waals surface area contributed by atoms with E-state index in [1.165, 1.54) is 19.1 Å². The first kappa shape index (κ1) is 13.4. The lowest BCUT2D eigenvalue weighted by Gasteiger charge is -1.99. The summed E-state index contributed by atoms with van der Waals surface area (Å²) in [5, 5.41) is 21.5. The second kappa shape index (κ2) is 4.92. The number of nitro benzene ring substituents is 2. The van der Waals surface area contributed by atoms with Crippen LogP contribution in [0.1, 0.15) is 17.5 Å². The van der Waals surface area contributed by atoms with Gasteiger partial charge < -0.3 is 4.42 Å². The molecule has 1 aromatic heterocycles. The average molecular weight is 276 g/mol. The second-order valence-electron chi connectivity index (χ2n) is 3.97. The van der Waals surface area contributed by atoms with Crippen LogP contribution < -0.4 is 0 Å². The van der Waals surface area contributed by atoms with Crippen molar-refractivity contribution in [2.45, 2.75) is 6.92 Å². The molecule has 1 aromatic carbocycles. The maximum Gasteiger partial charge on any atom is 0.277 e. The van der Waals surface area contributed by atoms with E-state index < -0.39 is 21.2 Å². The van der Waals surface area contributed by atoms with E-state index in [0.29, 0.717) is 0 Å². The van der Waals surface area contributed by atoms with E-state index in [4.69, 9.17) is 4.42 Å². The molecule has 8 nitrogen and oxygen atoms in total. The van der Waals surface area contributed by atoms with Gasteiger partial charge in [0.15, 0.2) is 11.5 Å². The molecule has 0 aliphatic rings. The van der Waals surface area contributed by atoms with Gasteiger partial charge in [-0.3, -0.25) is 25.0 Å². The number of non-ortho nitro benzene ring substituents is 2. The van der Waals surface area contributed by atoms with Crippen LogP contribution in [0, 0.1) is 20.2 Å². The highest BCUT2D eigenvalue weighted by Crippen LogP contribution is 2.30. The van der Waals surface area contributed by atoms with Gasteiger partial charge in [-0.15, -0.1) is 0 Å². The van der Waals surface area contributed by atoms with Gasteiger partial charge in [0.05, 0.1) is 15.9 Å². The van der Waals surface area contributed by atoms with Gasteiger partial charge in [0.1, 0.15) is 5.76 Å². The topological polar surface area (TPSA) is 116 Å². The maximum absolute atomic E-state index is 11.1. The minimum Gasteiger partial charge on any atom is -0.453 e. The average Bonchev–Trinajstić information content (AvgIpc) is 2.87. The Bertz CT molecular complexity index is 686. The predicted molar refractivity (Wildman–Crippen MR) is 67.5 cm³/mol. The number of carbonyl (C=O) groups excluding carboxylic acids is 1. The zero-order valence-corrected chi connectivity index (χ0v) is 10.2. The lowest BCUT2D eigenvalue weighted by atomic mass is 10.1. The Morgan fingerprint density at radius 2 is 1.60 bits per heavy atom. The van der Waals surface area contributed by atoms with Crippen LogP contribution >= 0.6 is 0 Å². The Labute approximate surface area is 111 Å². The van der Waals surface area contributed by atoms with Crippen molar-refractivity contribution in [3.05, 3.63) is 56.3 Å². The van der Waals surface area contributed by atoms with Crippen LogP contribution in [0.4, 0.5) is 11.4 Å². The molecular weight excluding hydrogens is 268 g/mol. The molecule has 0 radical (unpaired) electrons. The lowest BCUT2D eigenvalue weighted by molar-refractivity contribution is -0.394. The summed E-state index contributed by atoms with van der Waals surface area (Å²) in [6.45, 7) is 1.30. The highest BCUT2D eigenvalue weighted by atomic mass is 16.6. The van der Waals surface area contributed by atoms with Crippen molar-refractivity contribution in [1.82, 2.24) is 0 Å². The van der Waals surface area contributed by atoms with Crippen molar-refractivity contribution in [1.29, 1.82) is 0 Å². The molecule has 0 saturated heterocycles. The van der Waals surface area contributed by atoms with E-state index in [0.717, 1.165) is 18.2 Å². The SMILES string of the molecule is CC(=O)c1ccc(-c2cc([N+](=O)[O-])cc([N+](=O)[O-])c2)o1. The third kappa shape index (κ3) is 2.53. The van der Waals surface area contributed by atoms with Crippen molar-refractivity contribution < 1.29 is 19.1 Å². The normalized spacial score (nSPS) is 10.2. The van der Waals surface area contributed by atoms with E-state index in [1.54, 1.807) is 0 Å². The summed E-state index contributed by atoms with van der Waals surface area (Å²) in [7, 11) is 0. The molecule has 0 saturated carbocycles. The summed E-state index contributed by atoms with van der Waals surface area (Å²) in [6.07, 6.45) is 0. The number of ketones is 1. The quantitative estimate of drug-likeness (QED) is 0.481. The Morgan fingerprint density at radius 1 is 1.05 bits per heavy atom. The molecule has 0 atom stereocenters.